The van der Waals surface area contributed by atoms with Gasteiger partial charge in [0, 0.05) is 38.5 Å². The number of esters is 1. The van der Waals surface area contributed by atoms with Gasteiger partial charge in [0.05, 0.1) is 10.8 Å². The Morgan fingerprint density at radius 1 is 0.979 bits per heavy atom. The number of β-lactam (4-membered cyclic amide) rings is 1. The summed E-state index contributed by atoms with van der Waals surface area (Å²) in [5.41, 5.74) is 2.69. The molecule has 2 atom stereocenters. The first-order valence-corrected chi connectivity index (χ1v) is 18.5. The topological polar surface area (TPSA) is 79.6 Å². The van der Waals surface area contributed by atoms with Crippen molar-refractivity contribution in [2.24, 2.45) is 7.05 Å². The fourth-order valence-electron chi connectivity index (χ4n) is 5.23. The lowest BCUT2D eigenvalue weighted by atomic mass is 10.0. The minimum Gasteiger partial charge on any atom is -0.448 e. The molecule has 1 fully saturated rings. The van der Waals surface area contributed by atoms with E-state index >= 15 is 0 Å². The third kappa shape index (κ3) is 7.84. The Morgan fingerprint density at radius 3 is 2.30 bits per heavy atom. The molecule has 0 radical (unpaired) electrons. The lowest BCUT2D eigenvalue weighted by Crippen LogP contribution is -2.70. The van der Waals surface area contributed by atoms with Crippen LogP contribution in [0.15, 0.2) is 124 Å². The van der Waals surface area contributed by atoms with Crippen molar-refractivity contribution in [1.29, 1.82) is 0 Å². The van der Waals surface area contributed by atoms with Gasteiger partial charge in [0.1, 0.15) is 24.2 Å². The maximum atomic E-state index is 14.2. The molecule has 0 saturated carbocycles. The molecule has 0 bridgehead atoms. The molecule has 2 amide bonds. The van der Waals surface area contributed by atoms with Crippen molar-refractivity contribution < 1.29 is 23.7 Å². The number of halogens is 2. The Balaban J connectivity index is 1.23. The van der Waals surface area contributed by atoms with Gasteiger partial charge in [-0.1, -0.05) is 83.9 Å². The average Bonchev–Trinajstić information content (AvgIpc) is 3.09. The molecule has 1 aromatic heterocycles. The number of fused-ring (bicyclic) bond motifs is 1. The summed E-state index contributed by atoms with van der Waals surface area (Å²) < 4.78 is 8.21. The van der Waals surface area contributed by atoms with Crippen LogP contribution >= 0.6 is 58.5 Å². The van der Waals surface area contributed by atoms with E-state index < -0.39 is 23.5 Å². The maximum absolute atomic E-state index is 14.2. The van der Waals surface area contributed by atoms with Crippen LogP contribution in [0.25, 0.3) is 0 Å². The predicted molar refractivity (Wildman–Crippen MR) is 188 cm³/mol. The van der Waals surface area contributed by atoms with E-state index in [9.17, 15) is 14.4 Å². The number of carbonyl (C=O) groups is 3. The highest BCUT2D eigenvalue weighted by molar-refractivity contribution is 8.01. The second-order valence-corrected chi connectivity index (χ2v) is 14.9. The largest absolute Gasteiger partial charge is 0.448 e. The van der Waals surface area contributed by atoms with Crippen LogP contribution in [-0.2, 0) is 26.2 Å². The smallest absolute Gasteiger partial charge is 0.356 e. The van der Waals surface area contributed by atoms with Gasteiger partial charge in [-0.3, -0.25) is 14.5 Å². The van der Waals surface area contributed by atoms with E-state index in [1.54, 1.807) is 30.0 Å². The zero-order valence-electron chi connectivity index (χ0n) is 25.2. The van der Waals surface area contributed by atoms with Crippen LogP contribution in [0.5, 0.6) is 0 Å². The number of hydrogen-bond acceptors (Lipinski definition) is 7. The number of thioether (sulfide) groups is 3. The van der Waals surface area contributed by atoms with Crippen molar-refractivity contribution in [2.45, 2.75) is 27.3 Å². The van der Waals surface area contributed by atoms with E-state index in [4.69, 9.17) is 27.9 Å². The maximum Gasteiger partial charge on any atom is 0.356 e. The molecular weight excluding hydrogens is 694 g/mol. The van der Waals surface area contributed by atoms with Crippen molar-refractivity contribution in [3.05, 3.63) is 136 Å². The quantitative estimate of drug-likeness (QED) is 0.0800. The predicted octanol–water partition coefficient (Wildman–Crippen LogP) is 6.69. The Hall–Kier alpha value is -3.41. The molecule has 1 N–H and O–H groups in total. The summed E-state index contributed by atoms with van der Waals surface area (Å²) in [6.45, 7) is 0. The van der Waals surface area contributed by atoms with Crippen molar-refractivity contribution in [3.8, 4) is 0 Å². The molecule has 3 aromatic carbocycles. The minimum atomic E-state index is -0.770. The number of aromatic nitrogens is 1. The Morgan fingerprint density at radius 2 is 1.64 bits per heavy atom. The fourth-order valence-corrected chi connectivity index (χ4v) is 8.90. The van der Waals surface area contributed by atoms with Gasteiger partial charge in [0.25, 0.3) is 5.91 Å². The van der Waals surface area contributed by atoms with E-state index in [1.165, 1.54) is 28.4 Å². The van der Waals surface area contributed by atoms with Gasteiger partial charge < -0.3 is 10.1 Å². The number of nitrogens with one attached hydrogen (secondary N) is 1. The Kier molecular flexibility index (Phi) is 10.8. The van der Waals surface area contributed by atoms with E-state index in [1.807, 2.05) is 96.8 Å². The molecule has 7 nitrogen and oxygen atoms in total. The van der Waals surface area contributed by atoms with E-state index in [-0.39, 0.29) is 23.3 Å². The van der Waals surface area contributed by atoms with Crippen LogP contribution in [0.3, 0.4) is 0 Å². The third-order valence-electron chi connectivity index (χ3n) is 7.60. The fraction of sp³-hybridized carbons (Fsp3) is 0.200. The highest BCUT2D eigenvalue weighted by Gasteiger charge is 2.54. The zero-order valence-corrected chi connectivity index (χ0v) is 29.1. The van der Waals surface area contributed by atoms with Gasteiger partial charge in [0.2, 0.25) is 5.91 Å². The summed E-state index contributed by atoms with van der Waals surface area (Å²) in [5, 5.41) is 3.44. The molecule has 240 valence electrons. The number of carbonyl (C=O) groups excluding carboxylic acids is 3. The summed E-state index contributed by atoms with van der Waals surface area (Å²) in [4.78, 5) is 44.1. The first kappa shape index (κ1) is 33.5. The molecule has 0 unspecified atom stereocenters. The van der Waals surface area contributed by atoms with Crippen LogP contribution in [0.2, 0.25) is 10.0 Å². The molecule has 12 heteroatoms. The van der Waals surface area contributed by atoms with Gasteiger partial charge in [-0.25, -0.2) is 9.36 Å². The molecule has 6 rings (SSSR count). The van der Waals surface area contributed by atoms with Crippen LogP contribution < -0.4 is 9.88 Å². The molecule has 3 heterocycles. The molecule has 1 saturated heterocycles. The number of rotatable bonds is 11. The Labute approximate surface area is 296 Å². The number of ether oxygens (including phenoxy) is 1. The molecule has 0 aliphatic carbocycles. The van der Waals surface area contributed by atoms with Gasteiger partial charge in [0.15, 0.2) is 18.5 Å². The summed E-state index contributed by atoms with van der Waals surface area (Å²) in [6, 6.07) is 27.4. The van der Waals surface area contributed by atoms with Crippen molar-refractivity contribution in [1.82, 2.24) is 10.2 Å². The van der Waals surface area contributed by atoms with Crippen molar-refractivity contribution >= 4 is 76.3 Å². The lowest BCUT2D eigenvalue weighted by Gasteiger charge is -2.49. The summed E-state index contributed by atoms with van der Waals surface area (Å²) in [6.07, 6.45) is 3.26. The standard InChI is InChI=1S/C35H29Cl2N3O4S3/c1-39-16-14-26(15-17-39)45-19-24-20-47-34-30(38-29(41)21-46-28-18-25(36)12-13-27(28)37)33(42)40(34)31(24)35(43)44-32(22-8-4-2-5-9-22)23-10-6-3-7-11-23/h2-18,30,32,34H,19-21H2,1H3/p+1/t30-,34+/m0/s1. The van der Waals surface area contributed by atoms with Gasteiger partial charge >= 0.3 is 5.97 Å². The first-order valence-electron chi connectivity index (χ1n) is 14.7. The van der Waals surface area contributed by atoms with Crippen LogP contribution in [0, 0.1) is 0 Å². The van der Waals surface area contributed by atoms with E-state index in [2.05, 4.69) is 5.32 Å². The van der Waals surface area contributed by atoms with Gasteiger partial charge in [-0.2, -0.15) is 0 Å². The second kappa shape index (κ2) is 15.2. The molecular formula is C35H30Cl2N3O4S3+. The monoisotopic (exact) mass is 722 g/mol. The molecule has 2 aliphatic rings. The van der Waals surface area contributed by atoms with Crippen molar-refractivity contribution in [2.75, 3.05) is 17.3 Å². The number of amides is 2. The van der Waals surface area contributed by atoms with E-state index in [0.29, 0.717) is 26.4 Å². The van der Waals surface area contributed by atoms with Gasteiger partial charge in [-0.05, 0) is 34.9 Å². The number of nitrogens with zero attached hydrogens (tertiary/aromatic N) is 2. The third-order valence-corrected chi connectivity index (χ3v) is 11.8. The SMILES string of the molecule is C[n+]1ccc(SCC2=C(C(=O)OC(c3ccccc3)c3ccccc3)N3C(=O)[C@H](NC(=O)CSc4cc(Cl)ccc4Cl)[C@H]3SC2)cc1. The molecule has 0 spiro atoms. The summed E-state index contributed by atoms with van der Waals surface area (Å²) in [7, 11) is 1.95. The zero-order chi connectivity index (χ0) is 32.9. The second-order valence-electron chi connectivity index (χ2n) is 10.9. The van der Waals surface area contributed by atoms with E-state index in [0.717, 1.165) is 21.6 Å². The number of benzene rings is 3. The van der Waals surface area contributed by atoms with Crippen molar-refractivity contribution in [3.63, 3.8) is 0 Å². The summed E-state index contributed by atoms with van der Waals surface area (Å²) >= 11 is 16.7. The van der Waals surface area contributed by atoms with Crippen LogP contribution in [0.1, 0.15) is 17.2 Å². The highest BCUT2D eigenvalue weighted by Crippen LogP contribution is 2.43. The lowest BCUT2D eigenvalue weighted by molar-refractivity contribution is -0.671. The Bertz CT molecular complexity index is 1770. The molecule has 47 heavy (non-hydrogen) atoms. The average molecular weight is 724 g/mol. The number of pyridine rings is 1. The van der Waals surface area contributed by atoms with Crippen LogP contribution in [-0.4, -0.2) is 51.4 Å². The molecule has 2 aliphatic heterocycles. The van der Waals surface area contributed by atoms with Gasteiger partial charge in [-0.15, -0.1) is 35.3 Å². The number of aryl methyl sites for hydroxylation is 1. The number of hydrogen-bond donors (Lipinski definition) is 1. The molecule has 4 aromatic rings. The highest BCUT2D eigenvalue weighted by atomic mass is 35.5. The normalized spacial score (nSPS) is 17.3. The first-order chi connectivity index (χ1) is 22.8. The summed E-state index contributed by atoms with van der Waals surface area (Å²) in [5.74, 6) is -0.182. The minimum absolute atomic E-state index is 0.0541. The van der Waals surface area contributed by atoms with Crippen LogP contribution in [0.4, 0.5) is 0 Å².